The number of aromatic nitrogens is 2. The average Bonchev–Trinajstić information content (AvgIpc) is 2.65. The molecule has 0 aliphatic heterocycles. The quantitative estimate of drug-likeness (QED) is 0.108. The molecule has 2 heterocycles. The first-order valence-corrected chi connectivity index (χ1v) is 28.9. The number of allylic oxidation sites excluding steroid dienone is 17. The van der Waals surface area contributed by atoms with E-state index in [-0.39, 0.29) is 0 Å². The zero-order chi connectivity index (χ0) is 54.1. The van der Waals surface area contributed by atoms with Crippen molar-refractivity contribution in [1.29, 1.82) is 0 Å². The highest BCUT2D eigenvalue weighted by Gasteiger charge is 2.22. The molecule has 81 heavy (non-hydrogen) atoms. The highest BCUT2D eigenvalue weighted by molar-refractivity contribution is 6.27. The SMILES string of the molecule is C\C=C/C=C(\C=C\c1ccc(-c2cccc(-c3cccc(C4=CCCC=C4)c3)c2)cc1)n1c2ccccc2c2ccc3c(c4ccccc4n3C3=CCCC(c4ccc(-c5cccc(-c6cccc(C7=CCCC=C7)c6)c5)cc4)=C3)c21. The molecule has 0 atom stereocenters. The van der Waals surface area contributed by atoms with Gasteiger partial charge >= 0.3 is 0 Å². The van der Waals surface area contributed by atoms with Crippen LogP contribution < -0.4 is 0 Å². The maximum absolute atomic E-state index is 2.51. The van der Waals surface area contributed by atoms with Crippen molar-refractivity contribution in [2.45, 2.75) is 45.4 Å². The van der Waals surface area contributed by atoms with Crippen molar-refractivity contribution in [2.75, 3.05) is 0 Å². The lowest BCUT2D eigenvalue weighted by molar-refractivity contribution is 1.04. The van der Waals surface area contributed by atoms with Crippen LogP contribution in [0.1, 0.15) is 67.7 Å². The third-order valence-corrected chi connectivity index (χ3v) is 16.6. The number of benzene rings is 9. The second-order valence-electron chi connectivity index (χ2n) is 21.6. The molecule has 0 radical (unpaired) electrons. The smallest absolute Gasteiger partial charge is 0.0641 e. The first-order valence-electron chi connectivity index (χ1n) is 28.9. The molecule has 9 aromatic carbocycles. The van der Waals surface area contributed by atoms with E-state index < -0.39 is 0 Å². The zero-order valence-corrected chi connectivity index (χ0v) is 45.8. The number of rotatable bonds is 12. The summed E-state index contributed by atoms with van der Waals surface area (Å²) >= 11 is 0. The van der Waals surface area contributed by atoms with E-state index in [1.54, 1.807) is 0 Å². The van der Waals surface area contributed by atoms with E-state index in [1.165, 1.54) is 127 Å². The number of nitrogens with zero attached hydrogens (tertiary/aromatic N) is 2. The topological polar surface area (TPSA) is 9.86 Å². The molecular formula is C79H62N2. The highest BCUT2D eigenvalue weighted by Crippen LogP contribution is 2.44. The molecule has 0 bridgehead atoms. The number of hydrogen-bond acceptors (Lipinski definition) is 0. The minimum absolute atomic E-state index is 0.965. The normalized spacial score (nSPS) is 14.9. The van der Waals surface area contributed by atoms with E-state index >= 15 is 0 Å². The molecule has 0 unspecified atom stereocenters. The van der Waals surface area contributed by atoms with Gasteiger partial charge in [-0.15, -0.1) is 0 Å². The predicted octanol–water partition coefficient (Wildman–Crippen LogP) is 21.9. The molecule has 3 aliphatic rings. The second-order valence-corrected chi connectivity index (χ2v) is 21.6. The Bertz CT molecular complexity index is 4540. The van der Waals surface area contributed by atoms with Gasteiger partial charge in [-0.1, -0.05) is 225 Å². The summed E-state index contributed by atoms with van der Waals surface area (Å²) in [6, 6.07) is 76.7. The first kappa shape index (κ1) is 49.5. The van der Waals surface area contributed by atoms with Crippen molar-refractivity contribution in [2.24, 2.45) is 0 Å². The fraction of sp³-hybridized carbons (Fsp3) is 0.0886. The molecule has 2 heteroatoms. The first-order chi connectivity index (χ1) is 40.1. The van der Waals surface area contributed by atoms with E-state index in [9.17, 15) is 0 Å². The van der Waals surface area contributed by atoms with Crippen molar-refractivity contribution in [3.63, 3.8) is 0 Å². The molecule has 0 fully saturated rings. The van der Waals surface area contributed by atoms with Crippen LogP contribution in [0.5, 0.6) is 0 Å². The predicted molar refractivity (Wildman–Crippen MR) is 349 cm³/mol. The average molecular weight is 1040 g/mol. The van der Waals surface area contributed by atoms with Gasteiger partial charge in [0.1, 0.15) is 0 Å². The van der Waals surface area contributed by atoms with Gasteiger partial charge in [0, 0.05) is 32.9 Å². The van der Waals surface area contributed by atoms with E-state index in [0.29, 0.717) is 0 Å². The van der Waals surface area contributed by atoms with Crippen LogP contribution in [0.3, 0.4) is 0 Å². The van der Waals surface area contributed by atoms with Crippen molar-refractivity contribution in [3.8, 4) is 44.5 Å². The third-order valence-electron chi connectivity index (χ3n) is 16.6. The Morgan fingerprint density at radius 2 is 0.951 bits per heavy atom. The number of fused-ring (bicyclic) bond motifs is 7. The van der Waals surface area contributed by atoms with Crippen LogP contribution in [0.15, 0.2) is 279 Å². The van der Waals surface area contributed by atoms with Crippen LogP contribution >= 0.6 is 0 Å². The second kappa shape index (κ2) is 21.8. The largest absolute Gasteiger partial charge is 0.309 e. The van der Waals surface area contributed by atoms with Crippen molar-refractivity contribution in [1.82, 2.24) is 9.13 Å². The molecule has 11 aromatic rings. The number of para-hydroxylation sites is 2. The summed E-state index contributed by atoms with van der Waals surface area (Å²) in [5, 5.41) is 4.97. The van der Waals surface area contributed by atoms with E-state index in [0.717, 1.165) is 49.8 Å². The van der Waals surface area contributed by atoms with Gasteiger partial charge in [0.2, 0.25) is 0 Å². The monoisotopic (exact) mass is 1040 g/mol. The van der Waals surface area contributed by atoms with Crippen molar-refractivity contribution >= 4 is 77.8 Å². The minimum Gasteiger partial charge on any atom is -0.309 e. The molecule has 0 N–H and O–H groups in total. The summed E-state index contributed by atoms with van der Waals surface area (Å²) in [6.45, 7) is 2.09. The van der Waals surface area contributed by atoms with E-state index in [2.05, 4.69) is 301 Å². The summed E-state index contributed by atoms with van der Waals surface area (Å²) in [5.74, 6) is 0. The summed E-state index contributed by atoms with van der Waals surface area (Å²) < 4.78 is 5.00. The van der Waals surface area contributed by atoms with Gasteiger partial charge in [-0.25, -0.2) is 0 Å². The molecule has 388 valence electrons. The molecule has 2 nitrogen and oxygen atoms in total. The molecule has 2 aromatic heterocycles. The van der Waals surface area contributed by atoms with Gasteiger partial charge in [-0.05, 0) is 190 Å². The summed E-state index contributed by atoms with van der Waals surface area (Å²) in [4.78, 5) is 0. The summed E-state index contributed by atoms with van der Waals surface area (Å²) in [5.41, 5.74) is 25.8. The lowest BCUT2D eigenvalue weighted by Crippen LogP contribution is -2.00. The lowest BCUT2D eigenvalue weighted by Gasteiger charge is -2.18. The van der Waals surface area contributed by atoms with E-state index in [1.807, 2.05) is 0 Å². The van der Waals surface area contributed by atoms with Crippen LogP contribution in [0.2, 0.25) is 0 Å². The standard InChI is InChI=1S/C79H62N2/c1-2-3-32-70(47-40-55-38-41-58(42-39-55)63-25-16-29-67(52-63)65-27-14-23-61(50-65)56-19-6-4-7-20-56)81-75-36-12-10-34-72(75)73-48-49-77-78(79(73)81)74-35-11-13-37-76(74)80(77)71-33-18-31-69(54-71)60-45-43-59(44-46-60)64-26-17-30-68(53-64)66-28-15-24-62(51-66)57-21-8-5-9-22-57/h2-3,6,8,10-17,19-30,32-54H,4-5,7,9,18,31H2,1H3/b3-2-,47-40+,70-32+. The molecule has 14 rings (SSSR count). The molecule has 0 spiro atoms. The summed E-state index contributed by atoms with van der Waals surface area (Å²) in [7, 11) is 0. The van der Waals surface area contributed by atoms with Crippen LogP contribution in [0.4, 0.5) is 0 Å². The Balaban J connectivity index is 0.787. The van der Waals surface area contributed by atoms with Crippen LogP contribution in [-0.2, 0) is 0 Å². The van der Waals surface area contributed by atoms with E-state index in [4.69, 9.17) is 0 Å². The summed E-state index contributed by atoms with van der Waals surface area (Å²) in [6.07, 6.45) is 36.1. The highest BCUT2D eigenvalue weighted by atomic mass is 15.0. The Morgan fingerprint density at radius 3 is 1.54 bits per heavy atom. The fourth-order valence-corrected chi connectivity index (χ4v) is 12.5. The molecular weight excluding hydrogens is 977 g/mol. The Kier molecular flexibility index (Phi) is 13.3. The Morgan fingerprint density at radius 1 is 0.420 bits per heavy atom. The lowest BCUT2D eigenvalue weighted by atomic mass is 9.92. The van der Waals surface area contributed by atoms with Crippen LogP contribution in [0, 0.1) is 0 Å². The van der Waals surface area contributed by atoms with Crippen LogP contribution in [-0.4, -0.2) is 9.13 Å². The molecule has 0 saturated carbocycles. The van der Waals surface area contributed by atoms with Crippen LogP contribution in [0.25, 0.3) is 122 Å². The van der Waals surface area contributed by atoms with Crippen molar-refractivity contribution in [3.05, 3.63) is 301 Å². The van der Waals surface area contributed by atoms with Gasteiger partial charge in [-0.2, -0.15) is 0 Å². The van der Waals surface area contributed by atoms with Gasteiger partial charge in [0.05, 0.1) is 22.1 Å². The Labute approximate surface area is 475 Å². The van der Waals surface area contributed by atoms with Gasteiger partial charge in [0.15, 0.2) is 0 Å². The molecule has 0 saturated heterocycles. The maximum atomic E-state index is 2.51. The van der Waals surface area contributed by atoms with Gasteiger partial charge < -0.3 is 9.13 Å². The molecule has 0 amide bonds. The van der Waals surface area contributed by atoms with Crippen molar-refractivity contribution < 1.29 is 0 Å². The van der Waals surface area contributed by atoms with Gasteiger partial charge in [-0.3, -0.25) is 0 Å². The maximum Gasteiger partial charge on any atom is 0.0641 e. The number of hydrogen-bond donors (Lipinski definition) is 0. The minimum atomic E-state index is 0.965. The Hall–Kier alpha value is -9.76. The third kappa shape index (κ3) is 9.64. The van der Waals surface area contributed by atoms with Gasteiger partial charge in [0.25, 0.3) is 0 Å². The fourth-order valence-electron chi connectivity index (χ4n) is 12.5. The molecule has 3 aliphatic carbocycles. The zero-order valence-electron chi connectivity index (χ0n) is 45.8.